The first-order valence-corrected chi connectivity index (χ1v) is 2.47. The molecule has 50 valence electrons. The summed E-state index contributed by atoms with van der Waals surface area (Å²) in [6.45, 7) is 1.98. The molecule has 9 heavy (non-hydrogen) atoms. The van der Waals surface area contributed by atoms with Crippen molar-refractivity contribution in [1.29, 1.82) is 0 Å². The van der Waals surface area contributed by atoms with Crippen molar-refractivity contribution in [2.75, 3.05) is 5.73 Å². The lowest BCUT2D eigenvalue weighted by atomic mass is 10.3. The highest BCUT2D eigenvalue weighted by Gasteiger charge is 1.82. The fraction of sp³-hybridized carbons (Fsp3) is 0.167. The number of pyridine rings is 1. The van der Waals surface area contributed by atoms with Gasteiger partial charge in [0.25, 0.3) is 0 Å². The highest BCUT2D eigenvalue weighted by Crippen LogP contribution is 1.98. The number of nitrogen functional groups attached to an aromatic ring is 1. The number of aryl methyl sites for hydroxylation is 1. The summed E-state index contributed by atoms with van der Waals surface area (Å²) in [6, 6.07) is 3.75. The lowest BCUT2D eigenvalue weighted by Crippen LogP contribution is -1.87. The van der Waals surface area contributed by atoms with Gasteiger partial charge in [-0.1, -0.05) is 0 Å². The van der Waals surface area contributed by atoms with Crippen LogP contribution in [0.4, 0.5) is 5.82 Å². The Morgan fingerprint density at radius 3 is 2.56 bits per heavy atom. The van der Waals surface area contributed by atoms with Crippen LogP contribution >= 0.6 is 12.4 Å². The molecule has 0 aromatic carbocycles. The van der Waals surface area contributed by atoms with Crippen LogP contribution in [-0.2, 0) is 0 Å². The Bertz CT molecular complexity index is 171. The van der Waals surface area contributed by atoms with Crippen LogP contribution < -0.4 is 5.73 Å². The number of rotatable bonds is 0. The van der Waals surface area contributed by atoms with Gasteiger partial charge in [0.1, 0.15) is 5.82 Å². The Morgan fingerprint density at radius 1 is 1.56 bits per heavy atom. The zero-order valence-corrected chi connectivity index (χ0v) is 5.98. The molecule has 0 amide bonds. The summed E-state index contributed by atoms with van der Waals surface area (Å²) in [5.74, 6) is 0.588. The number of halogens is 1. The quantitative estimate of drug-likeness (QED) is 0.598. The first-order chi connectivity index (χ1) is 3.79. The second-order valence-electron chi connectivity index (χ2n) is 1.76. The summed E-state index contributed by atoms with van der Waals surface area (Å²) >= 11 is 0. The van der Waals surface area contributed by atoms with Gasteiger partial charge in [0.15, 0.2) is 0 Å². The van der Waals surface area contributed by atoms with Crippen molar-refractivity contribution in [3.8, 4) is 0 Å². The van der Waals surface area contributed by atoms with Crippen molar-refractivity contribution < 1.29 is 0 Å². The van der Waals surface area contributed by atoms with Crippen LogP contribution in [-0.4, -0.2) is 4.98 Å². The highest BCUT2D eigenvalue weighted by molar-refractivity contribution is 5.85. The normalized spacial score (nSPS) is 8.11. The van der Waals surface area contributed by atoms with Crippen molar-refractivity contribution in [3.05, 3.63) is 23.9 Å². The summed E-state index contributed by atoms with van der Waals surface area (Å²) in [5.41, 5.74) is 6.50. The van der Waals surface area contributed by atoms with Gasteiger partial charge in [0.2, 0.25) is 0 Å². The van der Waals surface area contributed by atoms with Gasteiger partial charge < -0.3 is 5.73 Å². The van der Waals surface area contributed by atoms with Gasteiger partial charge in [-0.2, -0.15) is 0 Å². The zero-order valence-electron chi connectivity index (χ0n) is 5.16. The van der Waals surface area contributed by atoms with Crippen LogP contribution in [0.2, 0.25) is 0 Å². The Balaban J connectivity index is 0.000000640. The number of nitrogens with zero attached hydrogens (tertiary/aromatic N) is 1. The smallest absolute Gasteiger partial charge is 0.123 e. The Labute approximate surface area is 60.5 Å². The van der Waals surface area contributed by atoms with Crippen molar-refractivity contribution in [2.24, 2.45) is 0 Å². The number of hydrogen-bond donors (Lipinski definition) is 1. The fourth-order valence-corrected chi connectivity index (χ4v) is 0.560. The molecule has 0 atom stereocenters. The summed E-state index contributed by atoms with van der Waals surface area (Å²) in [5, 5.41) is 0. The van der Waals surface area contributed by atoms with Crippen LogP contribution in [0.15, 0.2) is 18.3 Å². The average Bonchev–Trinajstić information content (AvgIpc) is 1.64. The predicted octanol–water partition coefficient (Wildman–Crippen LogP) is 1.39. The molecule has 0 fully saturated rings. The van der Waals surface area contributed by atoms with Gasteiger partial charge in [-0.15, -0.1) is 12.4 Å². The van der Waals surface area contributed by atoms with E-state index in [9.17, 15) is 0 Å². The third-order valence-corrected chi connectivity index (χ3v) is 0.937. The van der Waals surface area contributed by atoms with E-state index >= 15 is 0 Å². The van der Waals surface area contributed by atoms with E-state index in [1.54, 1.807) is 6.20 Å². The van der Waals surface area contributed by atoms with Gasteiger partial charge >= 0.3 is 0 Å². The topological polar surface area (TPSA) is 38.9 Å². The van der Waals surface area contributed by atoms with Gasteiger partial charge in [0.05, 0.1) is 0 Å². The van der Waals surface area contributed by atoms with Crippen molar-refractivity contribution in [3.63, 3.8) is 0 Å². The molecule has 0 saturated heterocycles. The van der Waals surface area contributed by atoms with Crippen LogP contribution in [0.1, 0.15) is 5.56 Å². The molecule has 1 heterocycles. The molecule has 3 heteroatoms. The van der Waals surface area contributed by atoms with E-state index in [0.29, 0.717) is 5.82 Å². The monoisotopic (exact) mass is 144 g/mol. The molecule has 0 unspecified atom stereocenters. The van der Waals surface area contributed by atoms with Crippen molar-refractivity contribution >= 4 is 18.2 Å². The van der Waals surface area contributed by atoms with E-state index in [2.05, 4.69) is 4.98 Å². The molecule has 1 rings (SSSR count). The van der Waals surface area contributed by atoms with Crippen LogP contribution in [0.3, 0.4) is 0 Å². The SMILES string of the molecule is Cc1ccnc(N)c1.Cl. The van der Waals surface area contributed by atoms with E-state index in [0.717, 1.165) is 5.56 Å². The minimum Gasteiger partial charge on any atom is -0.384 e. The summed E-state index contributed by atoms with van der Waals surface area (Å²) < 4.78 is 0. The standard InChI is InChI=1S/C6H8N2.ClH/c1-5-2-3-8-6(7)4-5;/h2-4H,1H3,(H2,7,8);1H. The molecule has 0 saturated carbocycles. The lowest BCUT2D eigenvalue weighted by Gasteiger charge is -1.90. The Hall–Kier alpha value is -0.760. The fourth-order valence-electron chi connectivity index (χ4n) is 0.560. The molecule has 1 aromatic heterocycles. The average molecular weight is 145 g/mol. The van der Waals surface area contributed by atoms with E-state index in [-0.39, 0.29) is 12.4 Å². The number of nitrogens with two attached hydrogens (primary N) is 1. The third kappa shape index (κ3) is 2.33. The van der Waals surface area contributed by atoms with Crippen LogP contribution in [0.25, 0.3) is 0 Å². The molecular formula is C6H9ClN2. The Kier molecular flexibility index (Phi) is 3.02. The molecule has 0 aliphatic carbocycles. The zero-order chi connectivity index (χ0) is 5.98. The summed E-state index contributed by atoms with van der Waals surface area (Å²) in [4.78, 5) is 3.82. The lowest BCUT2D eigenvalue weighted by molar-refractivity contribution is 1.30. The van der Waals surface area contributed by atoms with E-state index in [4.69, 9.17) is 5.73 Å². The molecule has 0 bridgehead atoms. The van der Waals surface area contributed by atoms with Crippen molar-refractivity contribution in [1.82, 2.24) is 4.98 Å². The minimum atomic E-state index is 0. The van der Waals surface area contributed by atoms with Gasteiger partial charge in [-0.3, -0.25) is 0 Å². The van der Waals surface area contributed by atoms with Crippen LogP contribution in [0, 0.1) is 6.92 Å². The minimum absolute atomic E-state index is 0. The van der Waals surface area contributed by atoms with Gasteiger partial charge in [-0.25, -0.2) is 4.98 Å². The molecule has 0 aliphatic rings. The molecule has 2 nitrogen and oxygen atoms in total. The molecule has 1 aromatic rings. The molecule has 0 radical (unpaired) electrons. The van der Waals surface area contributed by atoms with E-state index in [1.165, 1.54) is 0 Å². The first kappa shape index (κ1) is 8.24. The molecular weight excluding hydrogens is 136 g/mol. The van der Waals surface area contributed by atoms with E-state index < -0.39 is 0 Å². The summed E-state index contributed by atoms with van der Waals surface area (Å²) in [6.07, 6.45) is 1.70. The van der Waals surface area contributed by atoms with Crippen LogP contribution in [0.5, 0.6) is 0 Å². The molecule has 0 spiro atoms. The number of anilines is 1. The maximum absolute atomic E-state index is 5.35. The second kappa shape index (κ2) is 3.30. The Morgan fingerprint density at radius 2 is 2.22 bits per heavy atom. The third-order valence-electron chi connectivity index (χ3n) is 0.937. The maximum Gasteiger partial charge on any atom is 0.123 e. The molecule has 0 aliphatic heterocycles. The predicted molar refractivity (Wildman–Crippen MR) is 40.6 cm³/mol. The van der Waals surface area contributed by atoms with Gasteiger partial charge in [-0.05, 0) is 24.6 Å². The van der Waals surface area contributed by atoms with Crippen molar-refractivity contribution in [2.45, 2.75) is 6.92 Å². The second-order valence-corrected chi connectivity index (χ2v) is 1.76. The summed E-state index contributed by atoms with van der Waals surface area (Å²) in [7, 11) is 0. The largest absolute Gasteiger partial charge is 0.384 e. The highest BCUT2D eigenvalue weighted by atomic mass is 35.5. The van der Waals surface area contributed by atoms with Gasteiger partial charge in [0, 0.05) is 6.20 Å². The number of aromatic nitrogens is 1. The first-order valence-electron chi connectivity index (χ1n) is 2.47. The number of hydrogen-bond acceptors (Lipinski definition) is 2. The maximum atomic E-state index is 5.35. The molecule has 2 N–H and O–H groups in total. The van der Waals surface area contributed by atoms with E-state index in [1.807, 2.05) is 19.1 Å².